The number of H-pyrrole nitrogens is 1. The molecule has 1 heterocycles. The Morgan fingerprint density at radius 2 is 2.12 bits per heavy atom. The Labute approximate surface area is 101 Å². The Morgan fingerprint density at radius 3 is 2.76 bits per heavy atom. The number of nitrogens with two attached hydrogens (primary N) is 2. The van der Waals surface area contributed by atoms with Gasteiger partial charge in [-0.3, -0.25) is 4.79 Å². The van der Waals surface area contributed by atoms with Crippen molar-refractivity contribution in [1.29, 1.82) is 0 Å². The first kappa shape index (κ1) is 13.3. The van der Waals surface area contributed by atoms with E-state index in [4.69, 9.17) is 11.5 Å². The van der Waals surface area contributed by atoms with E-state index in [2.05, 4.69) is 4.98 Å². The first-order valence-electron chi connectivity index (χ1n) is 5.28. The Morgan fingerprint density at radius 1 is 1.35 bits per heavy atom. The lowest BCUT2D eigenvalue weighted by Gasteiger charge is -2.00. The van der Waals surface area contributed by atoms with E-state index >= 15 is 0 Å². The average Bonchev–Trinajstić information content (AvgIpc) is 2.61. The second-order valence-corrected chi connectivity index (χ2v) is 3.88. The van der Waals surface area contributed by atoms with Gasteiger partial charge in [-0.2, -0.15) is 0 Å². The summed E-state index contributed by atoms with van der Waals surface area (Å²) in [5, 5.41) is 1.13. The maximum Gasteiger partial charge on any atom is 0.221 e. The van der Waals surface area contributed by atoms with Crippen LogP contribution in [0.15, 0.2) is 24.4 Å². The third-order valence-corrected chi connectivity index (χ3v) is 2.62. The molecule has 5 N–H and O–H groups in total. The number of aromatic amines is 1. The van der Waals surface area contributed by atoms with Crippen molar-refractivity contribution in [3.63, 3.8) is 0 Å². The molecule has 1 aromatic carbocycles. The van der Waals surface area contributed by atoms with Crippen LogP contribution in [0.3, 0.4) is 0 Å². The van der Waals surface area contributed by atoms with E-state index in [0.29, 0.717) is 6.54 Å². The summed E-state index contributed by atoms with van der Waals surface area (Å²) in [7, 11) is 0. The van der Waals surface area contributed by atoms with Gasteiger partial charge in [0.05, 0.1) is 6.42 Å². The maximum atomic E-state index is 10.8. The third kappa shape index (κ3) is 2.85. The number of hydrogen-bond donors (Lipinski definition) is 3. The lowest BCUT2D eigenvalue weighted by Crippen LogP contribution is -2.13. The zero-order chi connectivity index (χ0) is 11.5. The zero-order valence-corrected chi connectivity index (χ0v) is 8.99. The summed E-state index contributed by atoms with van der Waals surface area (Å²) in [5.41, 5.74) is 13.9. The summed E-state index contributed by atoms with van der Waals surface area (Å²) < 4.78 is 0. The molecule has 0 fully saturated rings. The van der Waals surface area contributed by atoms with Crippen molar-refractivity contribution in [2.45, 2.75) is 20.3 Å². The molecular formula is C13H19N3O. The third-order valence-electron chi connectivity index (χ3n) is 2.62. The topological polar surface area (TPSA) is 84.9 Å². The largest absolute Gasteiger partial charge is 0.369 e. The summed E-state index contributed by atoms with van der Waals surface area (Å²) >= 11 is 0. The predicted molar refractivity (Wildman–Crippen MR) is 70.7 cm³/mol. The van der Waals surface area contributed by atoms with Gasteiger partial charge in [0.2, 0.25) is 5.91 Å². The van der Waals surface area contributed by atoms with Crippen molar-refractivity contribution >= 4 is 16.8 Å². The molecule has 1 aromatic heterocycles. The monoisotopic (exact) mass is 233 g/mol. The second kappa shape index (κ2) is 5.50. The number of fused-ring (bicyclic) bond motifs is 1. The fraction of sp³-hybridized carbons (Fsp3) is 0.308. The Hall–Kier alpha value is -1.81. The van der Waals surface area contributed by atoms with Crippen LogP contribution in [-0.4, -0.2) is 17.4 Å². The second-order valence-electron chi connectivity index (χ2n) is 3.88. The number of amides is 1. The molecule has 0 aliphatic heterocycles. The summed E-state index contributed by atoms with van der Waals surface area (Å²) in [6, 6.07) is 5.88. The molecule has 0 saturated heterocycles. The number of hydrogen-bond acceptors (Lipinski definition) is 2. The van der Waals surface area contributed by atoms with Gasteiger partial charge in [0.25, 0.3) is 0 Å². The van der Waals surface area contributed by atoms with Crippen molar-refractivity contribution in [3.8, 4) is 0 Å². The number of rotatable bonds is 4. The van der Waals surface area contributed by atoms with Gasteiger partial charge in [-0.25, -0.2) is 0 Å². The summed E-state index contributed by atoms with van der Waals surface area (Å²) in [6.45, 7) is 0.618. The molecule has 0 atom stereocenters. The van der Waals surface area contributed by atoms with E-state index in [1.807, 2.05) is 24.4 Å². The van der Waals surface area contributed by atoms with Crippen LogP contribution in [0.1, 0.15) is 18.6 Å². The van der Waals surface area contributed by atoms with Gasteiger partial charge in [0.15, 0.2) is 0 Å². The van der Waals surface area contributed by atoms with E-state index in [0.717, 1.165) is 22.9 Å². The molecule has 0 saturated carbocycles. The van der Waals surface area contributed by atoms with Crippen LogP contribution in [0.25, 0.3) is 10.9 Å². The molecule has 0 bridgehead atoms. The minimum atomic E-state index is -0.310. The molecule has 0 aliphatic carbocycles. The molecule has 4 heteroatoms. The Kier molecular flexibility index (Phi) is 4.29. The van der Waals surface area contributed by atoms with E-state index in [9.17, 15) is 4.79 Å². The average molecular weight is 233 g/mol. The summed E-state index contributed by atoms with van der Waals surface area (Å²) in [4.78, 5) is 14.0. The minimum Gasteiger partial charge on any atom is -0.369 e. The van der Waals surface area contributed by atoms with Crippen LogP contribution in [0, 0.1) is 0 Å². The first-order valence-corrected chi connectivity index (χ1v) is 5.28. The molecule has 2 aromatic rings. The van der Waals surface area contributed by atoms with Crippen LogP contribution in [0.5, 0.6) is 0 Å². The van der Waals surface area contributed by atoms with Gasteiger partial charge in [-0.05, 0) is 36.2 Å². The van der Waals surface area contributed by atoms with Crippen LogP contribution in [0.4, 0.5) is 0 Å². The number of carbonyl (C=O) groups is 1. The molecule has 0 spiro atoms. The van der Waals surface area contributed by atoms with E-state index in [1.165, 1.54) is 5.56 Å². The van der Waals surface area contributed by atoms with Crippen LogP contribution in [-0.2, 0) is 17.6 Å². The van der Waals surface area contributed by atoms with Gasteiger partial charge in [0, 0.05) is 17.1 Å². The molecule has 0 aliphatic rings. The molecule has 1 amide bonds. The SMILES string of the molecule is C.NCCc1c[nH]c2ccc(CC(N)=O)cc12. The van der Waals surface area contributed by atoms with E-state index in [-0.39, 0.29) is 19.8 Å². The lowest BCUT2D eigenvalue weighted by atomic mass is 10.1. The normalized spacial score (nSPS) is 10.2. The highest BCUT2D eigenvalue weighted by molar-refractivity contribution is 5.85. The lowest BCUT2D eigenvalue weighted by molar-refractivity contribution is -0.117. The fourth-order valence-electron chi connectivity index (χ4n) is 1.90. The van der Waals surface area contributed by atoms with Crippen LogP contribution < -0.4 is 11.5 Å². The highest BCUT2D eigenvalue weighted by atomic mass is 16.1. The van der Waals surface area contributed by atoms with Gasteiger partial charge in [-0.15, -0.1) is 0 Å². The van der Waals surface area contributed by atoms with Gasteiger partial charge >= 0.3 is 0 Å². The van der Waals surface area contributed by atoms with Crippen LogP contribution in [0.2, 0.25) is 0 Å². The zero-order valence-electron chi connectivity index (χ0n) is 8.99. The fourth-order valence-corrected chi connectivity index (χ4v) is 1.90. The van der Waals surface area contributed by atoms with Gasteiger partial charge < -0.3 is 16.5 Å². The quantitative estimate of drug-likeness (QED) is 0.744. The molecule has 2 rings (SSSR count). The van der Waals surface area contributed by atoms with Crippen LogP contribution >= 0.6 is 0 Å². The van der Waals surface area contributed by atoms with Crippen molar-refractivity contribution < 1.29 is 4.79 Å². The maximum absolute atomic E-state index is 10.8. The van der Waals surface area contributed by atoms with Gasteiger partial charge in [0.1, 0.15) is 0 Å². The van der Waals surface area contributed by atoms with E-state index < -0.39 is 0 Å². The van der Waals surface area contributed by atoms with Crippen molar-refractivity contribution in [2.24, 2.45) is 11.5 Å². The van der Waals surface area contributed by atoms with Gasteiger partial charge in [-0.1, -0.05) is 13.5 Å². The van der Waals surface area contributed by atoms with Crippen molar-refractivity contribution in [3.05, 3.63) is 35.5 Å². The van der Waals surface area contributed by atoms with Crippen molar-refractivity contribution in [2.75, 3.05) is 6.54 Å². The molecule has 92 valence electrons. The molecule has 0 unspecified atom stereocenters. The molecule has 17 heavy (non-hydrogen) atoms. The number of aromatic nitrogens is 1. The Balaban J connectivity index is 0.00000144. The molecule has 0 radical (unpaired) electrons. The standard InChI is InChI=1S/C12H15N3O.CH4/c13-4-3-9-7-15-11-2-1-8(5-10(9)11)6-12(14)16;/h1-2,5,7,15H,3-4,6,13H2,(H2,14,16);1H4. The Bertz CT molecular complexity index is 516. The highest BCUT2D eigenvalue weighted by Gasteiger charge is 2.05. The number of primary amides is 1. The van der Waals surface area contributed by atoms with Crippen molar-refractivity contribution in [1.82, 2.24) is 4.98 Å². The number of carbonyl (C=O) groups excluding carboxylic acids is 1. The highest BCUT2D eigenvalue weighted by Crippen LogP contribution is 2.20. The minimum absolute atomic E-state index is 0. The molecular weight excluding hydrogens is 214 g/mol. The van der Waals surface area contributed by atoms with E-state index in [1.54, 1.807) is 0 Å². The summed E-state index contributed by atoms with van der Waals surface area (Å²) in [6.07, 6.45) is 3.08. The first-order chi connectivity index (χ1) is 7.70. The smallest absolute Gasteiger partial charge is 0.221 e. The summed E-state index contributed by atoms with van der Waals surface area (Å²) in [5.74, 6) is -0.310. The number of nitrogens with one attached hydrogen (secondary N) is 1. The predicted octanol–water partition coefficient (Wildman–Crippen LogP) is 1.33. The molecule has 4 nitrogen and oxygen atoms in total. The number of benzene rings is 1.